The third-order valence-electron chi connectivity index (χ3n) is 2.45. The van der Waals surface area contributed by atoms with Gasteiger partial charge >= 0.3 is 5.97 Å². The standard InChI is InChI=1S/C13H13N3O3S/c1-16-8-9(7-14-16)3-4-11(17)15-10-5-6-20-12(10)13(18)19-2/h3-8H,1-2H3,(H,15,17). The molecular formula is C13H13N3O3S. The van der Waals surface area contributed by atoms with Crippen LogP contribution in [0.1, 0.15) is 15.2 Å². The Kier molecular flexibility index (Phi) is 4.31. The Morgan fingerprint density at radius 3 is 2.95 bits per heavy atom. The van der Waals surface area contributed by atoms with Gasteiger partial charge in [-0.15, -0.1) is 11.3 Å². The van der Waals surface area contributed by atoms with Crippen LogP contribution in [0.3, 0.4) is 0 Å². The van der Waals surface area contributed by atoms with Crippen molar-refractivity contribution in [3.63, 3.8) is 0 Å². The molecule has 0 aliphatic carbocycles. The molecule has 0 radical (unpaired) electrons. The van der Waals surface area contributed by atoms with Crippen molar-refractivity contribution in [2.24, 2.45) is 7.05 Å². The Morgan fingerprint density at radius 1 is 1.50 bits per heavy atom. The highest BCUT2D eigenvalue weighted by Gasteiger charge is 2.14. The van der Waals surface area contributed by atoms with Gasteiger partial charge < -0.3 is 10.1 Å². The highest BCUT2D eigenvalue weighted by atomic mass is 32.1. The molecule has 2 heterocycles. The SMILES string of the molecule is COC(=O)c1sccc1NC(=O)C=Cc1cnn(C)c1. The highest BCUT2D eigenvalue weighted by molar-refractivity contribution is 7.12. The number of esters is 1. The Morgan fingerprint density at radius 2 is 2.30 bits per heavy atom. The maximum Gasteiger partial charge on any atom is 0.350 e. The zero-order chi connectivity index (χ0) is 14.5. The number of hydrogen-bond donors (Lipinski definition) is 1. The number of anilines is 1. The smallest absolute Gasteiger partial charge is 0.350 e. The van der Waals surface area contributed by atoms with Crippen molar-refractivity contribution in [3.8, 4) is 0 Å². The molecule has 6 nitrogen and oxygen atoms in total. The number of rotatable bonds is 4. The first-order valence-corrected chi connectivity index (χ1v) is 6.61. The first kappa shape index (κ1) is 14.0. The summed E-state index contributed by atoms with van der Waals surface area (Å²) in [7, 11) is 3.10. The zero-order valence-electron chi connectivity index (χ0n) is 11.0. The molecule has 7 heteroatoms. The molecule has 2 rings (SSSR count). The second-order valence-corrected chi connectivity index (χ2v) is 4.84. The number of carbonyl (C=O) groups is 2. The van der Waals surface area contributed by atoms with Gasteiger partial charge in [0.15, 0.2) is 0 Å². The van der Waals surface area contributed by atoms with Crippen LogP contribution >= 0.6 is 11.3 Å². The largest absolute Gasteiger partial charge is 0.465 e. The minimum absolute atomic E-state index is 0.322. The highest BCUT2D eigenvalue weighted by Crippen LogP contribution is 2.23. The van der Waals surface area contributed by atoms with Crippen LogP contribution in [0.25, 0.3) is 6.08 Å². The number of nitrogens with one attached hydrogen (secondary N) is 1. The van der Waals surface area contributed by atoms with Crippen molar-refractivity contribution >= 4 is 35.0 Å². The minimum atomic E-state index is -0.466. The van der Waals surface area contributed by atoms with Gasteiger partial charge in [0, 0.05) is 24.9 Å². The quantitative estimate of drug-likeness (QED) is 0.690. The first-order chi connectivity index (χ1) is 9.60. The van der Waals surface area contributed by atoms with Gasteiger partial charge in [-0.2, -0.15) is 5.10 Å². The van der Waals surface area contributed by atoms with Gasteiger partial charge in [0.25, 0.3) is 0 Å². The molecule has 0 fully saturated rings. The van der Waals surface area contributed by atoms with Crippen molar-refractivity contribution < 1.29 is 14.3 Å². The average molecular weight is 291 g/mol. The number of aromatic nitrogens is 2. The molecule has 0 bridgehead atoms. The van der Waals surface area contributed by atoms with Gasteiger partial charge in [0.05, 0.1) is 19.0 Å². The van der Waals surface area contributed by atoms with Crippen molar-refractivity contribution in [3.05, 3.63) is 40.4 Å². The monoisotopic (exact) mass is 291 g/mol. The molecule has 1 N–H and O–H groups in total. The number of ether oxygens (including phenoxy) is 1. The van der Waals surface area contributed by atoms with Crippen LogP contribution in [0.15, 0.2) is 29.9 Å². The molecule has 0 atom stereocenters. The maximum atomic E-state index is 11.8. The molecule has 0 unspecified atom stereocenters. The molecule has 104 valence electrons. The number of hydrogen-bond acceptors (Lipinski definition) is 5. The van der Waals surface area contributed by atoms with Gasteiger partial charge in [-0.25, -0.2) is 4.79 Å². The lowest BCUT2D eigenvalue weighted by molar-refractivity contribution is -0.111. The molecule has 2 aromatic rings. The predicted molar refractivity (Wildman–Crippen MR) is 76.5 cm³/mol. The normalized spacial score (nSPS) is 10.7. The van der Waals surface area contributed by atoms with Crippen molar-refractivity contribution in [1.29, 1.82) is 0 Å². The van der Waals surface area contributed by atoms with Crippen molar-refractivity contribution in [2.75, 3.05) is 12.4 Å². The molecule has 1 amide bonds. The van der Waals surface area contributed by atoms with Gasteiger partial charge in [0.1, 0.15) is 4.88 Å². The van der Waals surface area contributed by atoms with E-state index in [1.165, 1.54) is 24.5 Å². The van der Waals surface area contributed by atoms with Crippen LogP contribution in [0.2, 0.25) is 0 Å². The lowest BCUT2D eigenvalue weighted by Crippen LogP contribution is -2.10. The molecule has 0 spiro atoms. The topological polar surface area (TPSA) is 73.2 Å². The van der Waals surface area contributed by atoms with Crippen LogP contribution in [-0.4, -0.2) is 28.8 Å². The number of thiophene rings is 1. The second kappa shape index (κ2) is 6.16. The summed E-state index contributed by atoms with van der Waals surface area (Å²) in [5, 5.41) is 8.35. The number of methoxy groups -OCH3 is 1. The van der Waals surface area contributed by atoms with E-state index < -0.39 is 5.97 Å². The van der Waals surface area contributed by atoms with Gasteiger partial charge in [-0.3, -0.25) is 9.48 Å². The lowest BCUT2D eigenvalue weighted by Gasteiger charge is -2.02. The fourth-order valence-corrected chi connectivity index (χ4v) is 2.30. The molecule has 0 saturated carbocycles. The van der Waals surface area contributed by atoms with E-state index in [4.69, 9.17) is 0 Å². The minimum Gasteiger partial charge on any atom is -0.465 e. The predicted octanol–water partition coefficient (Wildman–Crippen LogP) is 1.92. The number of aryl methyl sites for hydroxylation is 1. The molecular weight excluding hydrogens is 278 g/mol. The van der Waals surface area contributed by atoms with E-state index >= 15 is 0 Å². The van der Waals surface area contributed by atoms with Crippen LogP contribution in [0.4, 0.5) is 5.69 Å². The third-order valence-corrected chi connectivity index (χ3v) is 3.34. The number of amides is 1. The van der Waals surface area contributed by atoms with Crippen molar-refractivity contribution in [1.82, 2.24) is 9.78 Å². The van der Waals surface area contributed by atoms with E-state index in [0.29, 0.717) is 10.6 Å². The van der Waals surface area contributed by atoms with E-state index in [0.717, 1.165) is 5.56 Å². The van der Waals surface area contributed by atoms with E-state index in [-0.39, 0.29) is 5.91 Å². The summed E-state index contributed by atoms with van der Waals surface area (Å²) in [5.74, 6) is -0.788. The van der Waals surface area contributed by atoms with Crippen LogP contribution in [-0.2, 0) is 16.6 Å². The van der Waals surface area contributed by atoms with E-state index in [2.05, 4.69) is 15.2 Å². The lowest BCUT2D eigenvalue weighted by atomic mass is 10.3. The first-order valence-electron chi connectivity index (χ1n) is 5.73. The maximum absolute atomic E-state index is 11.8. The van der Waals surface area contributed by atoms with Gasteiger partial charge in [-0.05, 0) is 17.5 Å². The number of nitrogens with zero attached hydrogens (tertiary/aromatic N) is 2. The third kappa shape index (κ3) is 3.33. The van der Waals surface area contributed by atoms with Crippen molar-refractivity contribution in [2.45, 2.75) is 0 Å². The van der Waals surface area contributed by atoms with Gasteiger partial charge in [-0.1, -0.05) is 0 Å². The van der Waals surface area contributed by atoms with Crippen LogP contribution in [0, 0.1) is 0 Å². The Balaban J connectivity index is 2.03. The fraction of sp³-hybridized carbons (Fsp3) is 0.154. The van der Waals surface area contributed by atoms with E-state index in [1.54, 1.807) is 41.6 Å². The average Bonchev–Trinajstić information content (AvgIpc) is 3.04. The Hall–Kier alpha value is -2.41. The fourth-order valence-electron chi connectivity index (χ4n) is 1.53. The molecule has 20 heavy (non-hydrogen) atoms. The molecule has 0 aliphatic heterocycles. The Labute approximate surface area is 119 Å². The molecule has 2 aromatic heterocycles. The number of carbonyl (C=O) groups excluding carboxylic acids is 2. The summed E-state index contributed by atoms with van der Waals surface area (Å²) in [6.07, 6.45) is 6.46. The van der Waals surface area contributed by atoms with E-state index in [9.17, 15) is 9.59 Å². The molecule has 0 aromatic carbocycles. The summed E-state index contributed by atoms with van der Waals surface area (Å²) in [6, 6.07) is 1.66. The summed E-state index contributed by atoms with van der Waals surface area (Å²) in [4.78, 5) is 23.6. The summed E-state index contributed by atoms with van der Waals surface area (Å²) in [5.41, 5.74) is 1.27. The summed E-state index contributed by atoms with van der Waals surface area (Å²) in [6.45, 7) is 0. The summed E-state index contributed by atoms with van der Waals surface area (Å²) >= 11 is 1.22. The summed E-state index contributed by atoms with van der Waals surface area (Å²) < 4.78 is 6.28. The van der Waals surface area contributed by atoms with E-state index in [1.807, 2.05) is 0 Å². The van der Waals surface area contributed by atoms with Gasteiger partial charge in [0.2, 0.25) is 5.91 Å². The van der Waals surface area contributed by atoms with Crippen LogP contribution in [0.5, 0.6) is 0 Å². The Bertz CT molecular complexity index is 657. The van der Waals surface area contributed by atoms with Crippen LogP contribution < -0.4 is 5.32 Å². The second-order valence-electron chi connectivity index (χ2n) is 3.92. The zero-order valence-corrected chi connectivity index (χ0v) is 11.8. The molecule has 0 saturated heterocycles. The molecule has 0 aliphatic rings.